The molecule has 0 bridgehead atoms. The zero-order valence-corrected chi connectivity index (χ0v) is 11.6. The molecule has 2 rings (SSSR count). The Morgan fingerprint density at radius 1 is 0.944 bits per heavy atom. The molecule has 2 aliphatic rings. The van der Waals surface area contributed by atoms with Gasteiger partial charge in [0.05, 0.1) is 6.07 Å². The highest BCUT2D eigenvalue weighted by atomic mass is 14.4. The Balaban J connectivity index is 1.70. The van der Waals surface area contributed by atoms with Crippen molar-refractivity contribution in [1.29, 1.82) is 5.26 Å². The predicted octanol–water partition coefficient (Wildman–Crippen LogP) is 5.09. The minimum absolute atomic E-state index is 0.366. The molecule has 0 spiro atoms. The summed E-state index contributed by atoms with van der Waals surface area (Å²) in [4.78, 5) is 0. The first-order chi connectivity index (χ1) is 8.83. The van der Waals surface area contributed by atoms with Crippen LogP contribution in [0.25, 0.3) is 0 Å². The molecule has 2 saturated carbocycles. The lowest BCUT2D eigenvalue weighted by Gasteiger charge is -2.36. The second-order valence-electron chi connectivity index (χ2n) is 6.39. The SMILES string of the molecule is C=CCC[C@H]1CC[C@H]([C@H]2CC[C@H](C#N)CC2)CC1. The Hall–Kier alpha value is -0.770. The normalized spacial score (nSPS) is 36.8. The van der Waals surface area contributed by atoms with Gasteiger partial charge in [0, 0.05) is 5.92 Å². The molecule has 0 aromatic heterocycles. The van der Waals surface area contributed by atoms with E-state index in [9.17, 15) is 0 Å². The van der Waals surface area contributed by atoms with Crippen LogP contribution in [-0.4, -0.2) is 0 Å². The summed E-state index contributed by atoms with van der Waals surface area (Å²) in [6.45, 7) is 3.82. The first-order valence-corrected chi connectivity index (χ1v) is 7.84. The number of hydrogen-bond donors (Lipinski definition) is 0. The van der Waals surface area contributed by atoms with Gasteiger partial charge in [-0.2, -0.15) is 5.26 Å². The van der Waals surface area contributed by atoms with Crippen LogP contribution in [0, 0.1) is 35.0 Å². The molecule has 0 radical (unpaired) electrons. The Bertz CT molecular complexity index is 285. The molecule has 0 saturated heterocycles. The van der Waals surface area contributed by atoms with Crippen LogP contribution in [0.3, 0.4) is 0 Å². The van der Waals surface area contributed by atoms with Crippen molar-refractivity contribution in [3.63, 3.8) is 0 Å². The third-order valence-corrected chi connectivity index (χ3v) is 5.29. The molecular formula is C17H27N. The van der Waals surface area contributed by atoms with Crippen LogP contribution in [0.1, 0.15) is 64.2 Å². The van der Waals surface area contributed by atoms with E-state index in [1.54, 1.807) is 0 Å². The second kappa shape index (κ2) is 6.98. The Morgan fingerprint density at radius 3 is 2.00 bits per heavy atom. The molecule has 0 unspecified atom stereocenters. The van der Waals surface area contributed by atoms with Crippen LogP contribution in [-0.2, 0) is 0 Å². The van der Waals surface area contributed by atoms with Crippen molar-refractivity contribution in [3.8, 4) is 6.07 Å². The number of allylic oxidation sites excluding steroid dienone is 1. The number of nitriles is 1. The molecule has 0 atom stereocenters. The van der Waals surface area contributed by atoms with E-state index in [1.165, 1.54) is 51.4 Å². The Labute approximate surface area is 112 Å². The fraction of sp³-hybridized carbons (Fsp3) is 0.824. The van der Waals surface area contributed by atoms with Gasteiger partial charge in [0.2, 0.25) is 0 Å². The Kier molecular flexibility index (Phi) is 5.29. The van der Waals surface area contributed by atoms with Crippen molar-refractivity contribution >= 4 is 0 Å². The van der Waals surface area contributed by atoms with E-state index >= 15 is 0 Å². The molecule has 0 aromatic carbocycles. The molecule has 18 heavy (non-hydrogen) atoms. The number of nitrogens with zero attached hydrogens (tertiary/aromatic N) is 1. The fourth-order valence-electron chi connectivity index (χ4n) is 4.02. The molecule has 0 aliphatic heterocycles. The Morgan fingerprint density at radius 2 is 1.50 bits per heavy atom. The summed E-state index contributed by atoms with van der Waals surface area (Å²) in [5, 5.41) is 8.95. The van der Waals surface area contributed by atoms with Crippen molar-refractivity contribution in [3.05, 3.63) is 12.7 Å². The summed E-state index contributed by atoms with van der Waals surface area (Å²) in [5.74, 6) is 3.25. The summed E-state index contributed by atoms with van der Waals surface area (Å²) in [5.41, 5.74) is 0. The summed E-state index contributed by atoms with van der Waals surface area (Å²) >= 11 is 0. The largest absolute Gasteiger partial charge is 0.198 e. The minimum atomic E-state index is 0.366. The molecule has 0 N–H and O–H groups in total. The van der Waals surface area contributed by atoms with E-state index in [-0.39, 0.29) is 0 Å². The van der Waals surface area contributed by atoms with Crippen LogP contribution >= 0.6 is 0 Å². The van der Waals surface area contributed by atoms with Gasteiger partial charge in [-0.1, -0.05) is 18.9 Å². The highest BCUT2D eigenvalue weighted by Gasteiger charge is 2.30. The fourth-order valence-corrected chi connectivity index (χ4v) is 4.02. The molecule has 0 amide bonds. The average molecular weight is 245 g/mol. The lowest BCUT2D eigenvalue weighted by Crippen LogP contribution is -2.25. The summed E-state index contributed by atoms with van der Waals surface area (Å²) in [6.07, 6.45) is 15.4. The zero-order valence-electron chi connectivity index (χ0n) is 11.6. The number of rotatable bonds is 4. The van der Waals surface area contributed by atoms with E-state index < -0.39 is 0 Å². The van der Waals surface area contributed by atoms with Gasteiger partial charge < -0.3 is 0 Å². The van der Waals surface area contributed by atoms with Gasteiger partial charge in [0.15, 0.2) is 0 Å². The van der Waals surface area contributed by atoms with Crippen molar-refractivity contribution in [1.82, 2.24) is 0 Å². The van der Waals surface area contributed by atoms with Gasteiger partial charge in [-0.15, -0.1) is 6.58 Å². The highest BCUT2D eigenvalue weighted by Crippen LogP contribution is 2.41. The van der Waals surface area contributed by atoms with Gasteiger partial charge in [0.1, 0.15) is 0 Å². The summed E-state index contributed by atoms with van der Waals surface area (Å²) < 4.78 is 0. The lowest BCUT2D eigenvalue weighted by atomic mass is 9.69. The highest BCUT2D eigenvalue weighted by molar-refractivity contribution is 4.89. The maximum atomic E-state index is 8.95. The van der Waals surface area contributed by atoms with E-state index in [1.807, 2.05) is 0 Å². The predicted molar refractivity (Wildman–Crippen MR) is 75.9 cm³/mol. The minimum Gasteiger partial charge on any atom is -0.198 e. The van der Waals surface area contributed by atoms with Gasteiger partial charge in [-0.05, 0) is 69.1 Å². The van der Waals surface area contributed by atoms with Crippen LogP contribution in [0.4, 0.5) is 0 Å². The van der Waals surface area contributed by atoms with Crippen molar-refractivity contribution in [2.45, 2.75) is 64.2 Å². The first kappa shape index (κ1) is 13.7. The van der Waals surface area contributed by atoms with Crippen molar-refractivity contribution in [2.75, 3.05) is 0 Å². The second-order valence-corrected chi connectivity index (χ2v) is 6.39. The maximum absolute atomic E-state index is 8.95. The smallest absolute Gasteiger partial charge is 0.0655 e. The van der Waals surface area contributed by atoms with Crippen LogP contribution in [0.15, 0.2) is 12.7 Å². The molecule has 2 aliphatic carbocycles. The first-order valence-electron chi connectivity index (χ1n) is 7.84. The molecule has 0 heterocycles. The van der Waals surface area contributed by atoms with Gasteiger partial charge in [-0.3, -0.25) is 0 Å². The van der Waals surface area contributed by atoms with E-state index in [0.29, 0.717) is 5.92 Å². The molecule has 100 valence electrons. The van der Waals surface area contributed by atoms with Gasteiger partial charge >= 0.3 is 0 Å². The van der Waals surface area contributed by atoms with E-state index in [4.69, 9.17) is 5.26 Å². The van der Waals surface area contributed by atoms with Gasteiger partial charge in [0.25, 0.3) is 0 Å². The molecule has 1 heteroatoms. The van der Waals surface area contributed by atoms with Crippen LogP contribution in [0.2, 0.25) is 0 Å². The standard InChI is InChI=1S/C17H27N/c1-2-3-4-14-5-9-16(10-6-14)17-11-7-15(13-18)8-12-17/h2,14-17H,1,3-12H2/t14-,15-,16-,17-. The molecule has 1 nitrogen and oxygen atoms in total. The zero-order chi connectivity index (χ0) is 12.8. The van der Waals surface area contributed by atoms with Crippen LogP contribution in [0.5, 0.6) is 0 Å². The molecular weight excluding hydrogens is 218 g/mol. The lowest BCUT2D eigenvalue weighted by molar-refractivity contribution is 0.154. The van der Waals surface area contributed by atoms with Gasteiger partial charge in [-0.25, -0.2) is 0 Å². The maximum Gasteiger partial charge on any atom is 0.0655 e. The molecule has 0 aromatic rings. The topological polar surface area (TPSA) is 23.8 Å². The van der Waals surface area contributed by atoms with Crippen LogP contribution < -0.4 is 0 Å². The van der Waals surface area contributed by atoms with Crippen molar-refractivity contribution < 1.29 is 0 Å². The monoisotopic (exact) mass is 245 g/mol. The third-order valence-electron chi connectivity index (χ3n) is 5.29. The van der Waals surface area contributed by atoms with E-state index in [2.05, 4.69) is 18.7 Å². The van der Waals surface area contributed by atoms with E-state index in [0.717, 1.165) is 30.6 Å². The van der Waals surface area contributed by atoms with Crippen molar-refractivity contribution in [2.24, 2.45) is 23.7 Å². The average Bonchev–Trinajstić information content (AvgIpc) is 2.46. The molecule has 2 fully saturated rings. The summed E-state index contributed by atoms with van der Waals surface area (Å²) in [7, 11) is 0. The third kappa shape index (κ3) is 3.61. The quantitative estimate of drug-likeness (QED) is 0.633. The summed E-state index contributed by atoms with van der Waals surface area (Å²) in [6, 6.07) is 2.45. The number of hydrogen-bond acceptors (Lipinski definition) is 1.